The second kappa shape index (κ2) is 12.5. The number of rotatable bonds is 11. The van der Waals surface area contributed by atoms with Crippen LogP contribution in [0.25, 0.3) is 28.0 Å². The van der Waals surface area contributed by atoms with Crippen molar-refractivity contribution < 1.29 is 15.0 Å². The zero-order valence-electron chi connectivity index (χ0n) is 24.5. The molecule has 0 radical (unpaired) electrons. The standard InChI is InChI=1S/C31H39N7O4S/c1-18(2)21-14-22(26(40)15-25(21)39)30-35-36-31(42)38(30)20-7-8-24-19(13-20)9-11-37(24)12-10-32-28(41)6-4-3-5-27-29-23(16-43-27)33-17-34-29/h7-9,11,13-15,18,23,27,29,33-34,39-40H,3-6,10,12,16-17H2,1-2H3,(H,32,41)(H,36,42)/t23-,27+,29-/m1/s1. The first-order valence-electron chi connectivity index (χ1n) is 15.0. The van der Waals surface area contributed by atoms with E-state index in [1.807, 2.05) is 56.1 Å². The molecule has 2 aliphatic rings. The Morgan fingerprint density at radius 2 is 2.00 bits per heavy atom. The molecule has 12 heteroatoms. The molecule has 1 amide bonds. The number of hydrogen-bond donors (Lipinski definition) is 6. The Morgan fingerprint density at radius 1 is 1.14 bits per heavy atom. The highest BCUT2D eigenvalue weighted by Gasteiger charge is 2.38. The number of H-pyrrole nitrogens is 1. The Kier molecular flexibility index (Phi) is 8.51. The van der Waals surface area contributed by atoms with E-state index in [-0.39, 0.29) is 29.1 Å². The maximum absolute atomic E-state index is 12.8. The number of nitrogens with zero attached hydrogens (tertiary/aromatic N) is 3. The van der Waals surface area contributed by atoms with Gasteiger partial charge in [-0.05, 0) is 54.7 Å². The molecule has 3 atom stereocenters. The van der Waals surface area contributed by atoms with E-state index in [9.17, 15) is 19.8 Å². The van der Waals surface area contributed by atoms with Crippen LogP contribution in [0, 0.1) is 0 Å². The molecule has 4 aromatic rings. The molecule has 2 aromatic carbocycles. The number of benzene rings is 2. The minimum atomic E-state index is -0.437. The molecule has 6 N–H and O–H groups in total. The van der Waals surface area contributed by atoms with E-state index in [0.717, 1.165) is 36.8 Å². The lowest BCUT2D eigenvalue weighted by atomic mass is 9.98. The summed E-state index contributed by atoms with van der Waals surface area (Å²) in [5.41, 5.74) is 2.14. The highest BCUT2D eigenvalue weighted by Crippen LogP contribution is 2.37. The summed E-state index contributed by atoms with van der Waals surface area (Å²) in [6, 6.07) is 11.8. The van der Waals surface area contributed by atoms with Crippen LogP contribution in [-0.4, -0.2) is 71.8 Å². The van der Waals surface area contributed by atoms with Crippen LogP contribution in [0.4, 0.5) is 0 Å². The molecule has 0 bridgehead atoms. The first-order valence-corrected chi connectivity index (χ1v) is 16.0. The number of carbonyl (C=O) groups is 1. The number of carbonyl (C=O) groups excluding carboxylic acids is 1. The first-order chi connectivity index (χ1) is 20.8. The van der Waals surface area contributed by atoms with Crippen molar-refractivity contribution in [1.82, 2.24) is 35.3 Å². The van der Waals surface area contributed by atoms with Crippen LogP contribution in [0.3, 0.4) is 0 Å². The molecule has 0 spiro atoms. The fraction of sp³-hybridized carbons (Fsp3) is 0.452. The summed E-state index contributed by atoms with van der Waals surface area (Å²) in [5, 5.41) is 39.2. The largest absolute Gasteiger partial charge is 0.508 e. The molecule has 2 aromatic heterocycles. The monoisotopic (exact) mass is 605 g/mol. The lowest BCUT2D eigenvalue weighted by Crippen LogP contribution is -2.36. The SMILES string of the molecule is CC(C)c1cc(-c2n[nH]c(=O)n2-c2ccc3c(ccn3CCNC(=O)CCCC[C@@H]3SC[C@H]4NCN[C@@H]34)c2)c(O)cc1O. The Balaban J connectivity index is 1.06. The fourth-order valence-electron chi connectivity index (χ4n) is 6.23. The molecule has 228 valence electrons. The molecule has 2 saturated heterocycles. The summed E-state index contributed by atoms with van der Waals surface area (Å²) in [6.07, 6.45) is 5.63. The number of hydrogen-bond acceptors (Lipinski definition) is 8. The predicted molar refractivity (Wildman–Crippen MR) is 169 cm³/mol. The maximum atomic E-state index is 12.8. The third-order valence-corrected chi connectivity index (χ3v) is 10.0. The molecular formula is C31H39N7O4S. The highest BCUT2D eigenvalue weighted by molar-refractivity contribution is 8.00. The Hall–Kier alpha value is -3.74. The zero-order chi connectivity index (χ0) is 30.1. The summed E-state index contributed by atoms with van der Waals surface area (Å²) >= 11 is 2.04. The van der Waals surface area contributed by atoms with Gasteiger partial charge in [0.2, 0.25) is 5.91 Å². The number of aromatic nitrogens is 4. The van der Waals surface area contributed by atoms with Gasteiger partial charge in [-0.2, -0.15) is 16.9 Å². The van der Waals surface area contributed by atoms with Gasteiger partial charge in [0, 0.05) is 72.4 Å². The minimum Gasteiger partial charge on any atom is -0.508 e. The van der Waals surface area contributed by atoms with E-state index < -0.39 is 5.69 Å². The van der Waals surface area contributed by atoms with Crippen molar-refractivity contribution in [3.05, 3.63) is 58.6 Å². The van der Waals surface area contributed by atoms with Crippen LogP contribution in [0.5, 0.6) is 11.5 Å². The number of phenolic OH excluding ortho intramolecular Hbond substituents is 2. The molecule has 2 aliphatic heterocycles. The topological polar surface area (TPSA) is 149 Å². The number of nitrogens with one attached hydrogen (secondary N) is 4. The quantitative estimate of drug-likeness (QED) is 0.143. The number of unbranched alkanes of at least 4 members (excludes halogenated alkanes) is 1. The van der Waals surface area contributed by atoms with Gasteiger partial charge in [0.1, 0.15) is 11.5 Å². The number of thioether (sulfide) groups is 1. The van der Waals surface area contributed by atoms with Crippen molar-refractivity contribution >= 4 is 28.6 Å². The molecule has 0 unspecified atom stereocenters. The number of fused-ring (bicyclic) bond motifs is 2. The van der Waals surface area contributed by atoms with E-state index in [2.05, 4.69) is 30.7 Å². The Morgan fingerprint density at radius 3 is 2.84 bits per heavy atom. The van der Waals surface area contributed by atoms with Crippen LogP contribution in [-0.2, 0) is 11.3 Å². The second-order valence-corrected chi connectivity index (χ2v) is 13.0. The minimum absolute atomic E-state index is 0.00399. The summed E-state index contributed by atoms with van der Waals surface area (Å²) in [6.45, 7) is 5.95. The third-order valence-electron chi connectivity index (χ3n) is 8.54. The molecule has 6 rings (SSSR count). The molecule has 4 heterocycles. The molecule has 43 heavy (non-hydrogen) atoms. The molecule has 0 aliphatic carbocycles. The lowest BCUT2D eigenvalue weighted by Gasteiger charge is -2.17. The van der Waals surface area contributed by atoms with Crippen LogP contribution in [0.15, 0.2) is 47.4 Å². The average molecular weight is 606 g/mol. The van der Waals surface area contributed by atoms with Crippen molar-refractivity contribution in [3.63, 3.8) is 0 Å². The van der Waals surface area contributed by atoms with Crippen molar-refractivity contribution in [2.75, 3.05) is 19.0 Å². The third kappa shape index (κ3) is 6.04. The van der Waals surface area contributed by atoms with Gasteiger partial charge < -0.3 is 20.1 Å². The molecule has 0 saturated carbocycles. The normalized spacial score (nSPS) is 19.8. The van der Waals surface area contributed by atoms with E-state index in [1.165, 1.54) is 16.4 Å². The van der Waals surface area contributed by atoms with Gasteiger partial charge in [0.05, 0.1) is 11.3 Å². The van der Waals surface area contributed by atoms with Crippen LogP contribution in [0.1, 0.15) is 51.0 Å². The van der Waals surface area contributed by atoms with Gasteiger partial charge in [-0.25, -0.2) is 14.5 Å². The number of aromatic amines is 1. The van der Waals surface area contributed by atoms with Crippen molar-refractivity contribution in [2.24, 2.45) is 0 Å². The van der Waals surface area contributed by atoms with Gasteiger partial charge >= 0.3 is 5.69 Å². The van der Waals surface area contributed by atoms with Crippen LogP contribution in [0.2, 0.25) is 0 Å². The van der Waals surface area contributed by atoms with Crippen LogP contribution >= 0.6 is 11.8 Å². The summed E-state index contributed by atoms with van der Waals surface area (Å²) in [7, 11) is 0. The number of phenols is 2. The van der Waals surface area contributed by atoms with Crippen molar-refractivity contribution in [3.8, 4) is 28.6 Å². The molecular weight excluding hydrogens is 566 g/mol. The fourth-order valence-corrected chi connectivity index (χ4v) is 7.84. The van der Waals surface area contributed by atoms with Gasteiger partial charge in [-0.3, -0.25) is 15.4 Å². The lowest BCUT2D eigenvalue weighted by molar-refractivity contribution is -0.121. The predicted octanol–water partition coefficient (Wildman–Crippen LogP) is 3.40. The van der Waals surface area contributed by atoms with Crippen molar-refractivity contribution in [1.29, 1.82) is 0 Å². The van der Waals surface area contributed by atoms with Gasteiger partial charge in [0.25, 0.3) is 0 Å². The Bertz CT molecular complexity index is 1680. The van der Waals surface area contributed by atoms with Crippen molar-refractivity contribution in [2.45, 2.75) is 69.3 Å². The summed E-state index contributed by atoms with van der Waals surface area (Å²) in [4.78, 5) is 25.3. The van der Waals surface area contributed by atoms with Gasteiger partial charge in [0.15, 0.2) is 5.82 Å². The van der Waals surface area contributed by atoms with E-state index in [4.69, 9.17) is 0 Å². The maximum Gasteiger partial charge on any atom is 0.348 e. The highest BCUT2D eigenvalue weighted by atomic mass is 32.2. The van der Waals surface area contributed by atoms with E-state index in [0.29, 0.717) is 53.7 Å². The summed E-state index contributed by atoms with van der Waals surface area (Å²) in [5.74, 6) is 1.35. The van der Waals surface area contributed by atoms with E-state index >= 15 is 0 Å². The van der Waals surface area contributed by atoms with Gasteiger partial charge in [-0.1, -0.05) is 20.3 Å². The second-order valence-electron chi connectivity index (χ2n) is 11.7. The van der Waals surface area contributed by atoms with Gasteiger partial charge in [-0.15, -0.1) is 0 Å². The number of aromatic hydroxyl groups is 2. The van der Waals surface area contributed by atoms with E-state index in [1.54, 1.807) is 6.07 Å². The zero-order valence-corrected chi connectivity index (χ0v) is 25.3. The number of amides is 1. The first kappa shape index (κ1) is 29.3. The molecule has 11 nitrogen and oxygen atoms in total. The molecule has 2 fully saturated rings. The van der Waals surface area contributed by atoms with Crippen LogP contribution < -0.4 is 21.6 Å². The smallest absolute Gasteiger partial charge is 0.348 e. The Labute approximate surface area is 254 Å². The average Bonchev–Trinajstić information content (AvgIpc) is 3.76. The summed E-state index contributed by atoms with van der Waals surface area (Å²) < 4.78 is 3.49.